The summed E-state index contributed by atoms with van der Waals surface area (Å²) >= 11 is 0. The van der Waals surface area contributed by atoms with E-state index in [4.69, 9.17) is 4.42 Å². The lowest BCUT2D eigenvalue weighted by atomic mass is 10.3. The maximum absolute atomic E-state index is 11.7. The van der Waals surface area contributed by atoms with E-state index in [0.29, 0.717) is 19.5 Å². The molecule has 0 N–H and O–H groups in total. The lowest BCUT2D eigenvalue weighted by Gasteiger charge is -2.17. The monoisotopic (exact) mass is 243 g/mol. The van der Waals surface area contributed by atoms with Crippen LogP contribution >= 0.6 is 0 Å². The summed E-state index contributed by atoms with van der Waals surface area (Å²) in [6.07, 6.45) is 2.36. The number of hydrogen-bond donors (Lipinski definition) is 0. The minimum absolute atomic E-state index is 0.214. The fraction of sp³-hybridized carbons (Fsp3) is 0.636. The van der Waals surface area contributed by atoms with Crippen LogP contribution in [-0.2, 0) is 16.4 Å². The highest BCUT2D eigenvalue weighted by molar-refractivity contribution is 7.92. The van der Waals surface area contributed by atoms with E-state index in [1.807, 2.05) is 12.1 Å². The van der Waals surface area contributed by atoms with Crippen LogP contribution in [0.3, 0.4) is 0 Å². The van der Waals surface area contributed by atoms with Gasteiger partial charge in [0.1, 0.15) is 5.76 Å². The van der Waals surface area contributed by atoms with Crippen LogP contribution in [0.2, 0.25) is 0 Å². The molecule has 1 aliphatic heterocycles. The molecule has 2 heterocycles. The second-order valence-corrected chi connectivity index (χ2v) is 6.86. The Morgan fingerprint density at radius 2 is 2.31 bits per heavy atom. The van der Waals surface area contributed by atoms with Crippen LogP contribution in [0.25, 0.3) is 0 Å². The van der Waals surface area contributed by atoms with Crippen LogP contribution in [0.4, 0.5) is 0 Å². The normalized spacial score (nSPS) is 26.4. The summed E-state index contributed by atoms with van der Waals surface area (Å²) in [6.45, 7) is 3.93. The third-order valence-electron chi connectivity index (χ3n) is 3.12. The zero-order valence-corrected chi connectivity index (χ0v) is 10.2. The maximum Gasteiger partial charge on any atom is 0.154 e. The van der Waals surface area contributed by atoms with Gasteiger partial charge in [-0.3, -0.25) is 4.90 Å². The van der Waals surface area contributed by atoms with Crippen LogP contribution in [0, 0.1) is 0 Å². The van der Waals surface area contributed by atoms with E-state index < -0.39 is 9.84 Å². The smallest absolute Gasteiger partial charge is 0.154 e. The molecule has 1 saturated heterocycles. The van der Waals surface area contributed by atoms with Gasteiger partial charge in [-0.1, -0.05) is 0 Å². The van der Waals surface area contributed by atoms with Crippen LogP contribution in [0.15, 0.2) is 22.8 Å². The van der Waals surface area contributed by atoms with Crippen LogP contribution < -0.4 is 0 Å². The van der Waals surface area contributed by atoms with Crippen LogP contribution in [0.5, 0.6) is 0 Å². The van der Waals surface area contributed by atoms with Gasteiger partial charge in [0.05, 0.1) is 23.8 Å². The summed E-state index contributed by atoms with van der Waals surface area (Å²) in [4.78, 5) is 2.14. The molecule has 0 spiro atoms. The van der Waals surface area contributed by atoms with Gasteiger partial charge >= 0.3 is 0 Å². The van der Waals surface area contributed by atoms with Crippen LogP contribution in [0.1, 0.15) is 19.1 Å². The summed E-state index contributed by atoms with van der Waals surface area (Å²) in [5.74, 6) is 1.15. The van der Waals surface area contributed by atoms with Crippen molar-refractivity contribution in [1.29, 1.82) is 0 Å². The predicted molar refractivity (Wildman–Crippen MR) is 61.9 cm³/mol. The molecule has 90 valence electrons. The van der Waals surface area contributed by atoms with Gasteiger partial charge in [-0.05, 0) is 32.0 Å². The average molecular weight is 243 g/mol. The van der Waals surface area contributed by atoms with Crippen LogP contribution in [-0.4, -0.2) is 37.4 Å². The standard InChI is InChI=1S/C11H17NO3S/c1-10-4-5-12(6-8-16(10,13)14)9-11-3-2-7-15-11/h2-3,7,10H,4-6,8-9H2,1H3/t10-/m1/s1. The van der Waals surface area contributed by atoms with Gasteiger partial charge in [-0.15, -0.1) is 0 Å². The van der Waals surface area contributed by atoms with Crippen molar-refractivity contribution < 1.29 is 12.8 Å². The Kier molecular flexibility index (Phi) is 3.35. The highest BCUT2D eigenvalue weighted by Crippen LogP contribution is 2.15. The third-order valence-corrected chi connectivity index (χ3v) is 5.33. The van der Waals surface area contributed by atoms with Gasteiger partial charge in [-0.25, -0.2) is 8.42 Å². The van der Waals surface area contributed by atoms with Gasteiger partial charge < -0.3 is 4.42 Å². The number of rotatable bonds is 2. The first kappa shape index (κ1) is 11.7. The van der Waals surface area contributed by atoms with E-state index in [0.717, 1.165) is 12.3 Å². The van der Waals surface area contributed by atoms with Gasteiger partial charge in [0, 0.05) is 6.54 Å². The zero-order valence-electron chi connectivity index (χ0n) is 9.43. The molecule has 0 unspecified atom stereocenters. The molecule has 0 aliphatic carbocycles. The third kappa shape index (κ3) is 2.65. The van der Waals surface area contributed by atoms with Crippen molar-refractivity contribution in [3.63, 3.8) is 0 Å². The molecule has 5 heteroatoms. The Morgan fingerprint density at radius 1 is 1.50 bits per heavy atom. The SMILES string of the molecule is C[C@@H]1CCN(Cc2ccco2)CCS1(=O)=O. The number of nitrogens with zero attached hydrogens (tertiary/aromatic N) is 1. The zero-order chi connectivity index (χ0) is 11.6. The molecule has 1 aliphatic rings. The highest BCUT2D eigenvalue weighted by atomic mass is 32.2. The minimum atomic E-state index is -2.88. The van der Waals surface area contributed by atoms with Crippen molar-refractivity contribution in [1.82, 2.24) is 4.90 Å². The number of hydrogen-bond acceptors (Lipinski definition) is 4. The molecule has 2 rings (SSSR count). The molecule has 1 atom stereocenters. The second-order valence-electron chi connectivity index (χ2n) is 4.32. The minimum Gasteiger partial charge on any atom is -0.468 e. The first-order valence-corrected chi connectivity index (χ1v) is 7.26. The Morgan fingerprint density at radius 3 is 3.00 bits per heavy atom. The Balaban J connectivity index is 1.99. The Hall–Kier alpha value is -0.810. The molecule has 0 amide bonds. The van der Waals surface area contributed by atoms with E-state index in [1.54, 1.807) is 13.2 Å². The van der Waals surface area contributed by atoms with Crippen molar-refractivity contribution in [2.75, 3.05) is 18.8 Å². The number of sulfone groups is 1. The van der Waals surface area contributed by atoms with Gasteiger partial charge in [-0.2, -0.15) is 0 Å². The largest absolute Gasteiger partial charge is 0.468 e. The van der Waals surface area contributed by atoms with Crippen molar-refractivity contribution in [3.05, 3.63) is 24.2 Å². The van der Waals surface area contributed by atoms with Crippen molar-refractivity contribution >= 4 is 9.84 Å². The van der Waals surface area contributed by atoms with E-state index in [2.05, 4.69) is 4.90 Å². The molecule has 1 aromatic heterocycles. The first-order chi connectivity index (χ1) is 7.58. The average Bonchev–Trinajstić information content (AvgIpc) is 2.70. The summed E-state index contributed by atoms with van der Waals surface area (Å²) in [5.41, 5.74) is 0. The molecule has 1 fully saturated rings. The van der Waals surface area contributed by atoms with Crippen molar-refractivity contribution in [3.8, 4) is 0 Å². The Labute approximate surface area is 96.2 Å². The lowest BCUT2D eigenvalue weighted by Crippen LogP contribution is -2.26. The van der Waals surface area contributed by atoms with Gasteiger partial charge in [0.25, 0.3) is 0 Å². The molecule has 0 bridgehead atoms. The molecular formula is C11H17NO3S. The molecule has 0 saturated carbocycles. The van der Waals surface area contributed by atoms with E-state index in [1.165, 1.54) is 0 Å². The van der Waals surface area contributed by atoms with Gasteiger partial charge in [0.15, 0.2) is 9.84 Å². The van der Waals surface area contributed by atoms with Crippen molar-refractivity contribution in [2.45, 2.75) is 25.1 Å². The fourth-order valence-electron chi connectivity index (χ4n) is 1.89. The first-order valence-electron chi connectivity index (χ1n) is 5.54. The number of furan rings is 1. The Bertz CT molecular complexity index is 424. The molecule has 0 aromatic carbocycles. The van der Waals surface area contributed by atoms with Gasteiger partial charge in [0.2, 0.25) is 0 Å². The summed E-state index contributed by atoms with van der Waals surface area (Å²) in [5, 5.41) is -0.214. The second kappa shape index (κ2) is 4.59. The fourth-order valence-corrected chi connectivity index (χ4v) is 3.27. The van der Waals surface area contributed by atoms with E-state index in [9.17, 15) is 8.42 Å². The summed E-state index contributed by atoms with van der Waals surface area (Å²) in [7, 11) is -2.88. The summed E-state index contributed by atoms with van der Waals surface area (Å²) < 4.78 is 28.7. The highest BCUT2D eigenvalue weighted by Gasteiger charge is 2.26. The topological polar surface area (TPSA) is 50.5 Å². The van der Waals surface area contributed by atoms with Crippen molar-refractivity contribution in [2.24, 2.45) is 0 Å². The molecule has 1 aromatic rings. The molecule has 0 radical (unpaired) electrons. The molecular weight excluding hydrogens is 226 g/mol. The lowest BCUT2D eigenvalue weighted by molar-refractivity contribution is 0.259. The van der Waals surface area contributed by atoms with E-state index >= 15 is 0 Å². The molecule has 4 nitrogen and oxygen atoms in total. The maximum atomic E-state index is 11.7. The summed E-state index contributed by atoms with van der Waals surface area (Å²) in [6, 6.07) is 3.77. The molecule has 16 heavy (non-hydrogen) atoms. The quantitative estimate of drug-likeness (QED) is 0.785. The predicted octanol–water partition coefficient (Wildman–Crippen LogP) is 1.29. The van der Waals surface area contributed by atoms with E-state index in [-0.39, 0.29) is 11.0 Å².